The molecular formula is C17H32N4O7. The molecule has 0 aliphatic heterocycles. The number of carbonyl (C=O) groups excluding carboxylic acids is 3. The second kappa shape index (κ2) is 11.6. The third-order valence-electron chi connectivity index (χ3n) is 4.12. The van der Waals surface area contributed by atoms with Gasteiger partial charge in [0.05, 0.1) is 12.7 Å². The number of nitrogens with two attached hydrogens (primary N) is 1. The summed E-state index contributed by atoms with van der Waals surface area (Å²) in [6.45, 7) is 7.04. The van der Waals surface area contributed by atoms with E-state index in [0.717, 1.165) is 0 Å². The summed E-state index contributed by atoms with van der Waals surface area (Å²) in [4.78, 5) is 48.0. The van der Waals surface area contributed by atoms with Gasteiger partial charge in [-0.25, -0.2) is 4.79 Å². The number of carboxylic acid groups (broad SMARTS) is 1. The van der Waals surface area contributed by atoms with Crippen LogP contribution in [0.4, 0.5) is 0 Å². The Morgan fingerprint density at radius 2 is 1.29 bits per heavy atom. The van der Waals surface area contributed by atoms with Crippen molar-refractivity contribution in [3.05, 3.63) is 0 Å². The lowest BCUT2D eigenvalue weighted by Crippen LogP contribution is -2.60. The average Bonchev–Trinajstić information content (AvgIpc) is 2.59. The second-order valence-electron chi connectivity index (χ2n) is 7.31. The average molecular weight is 404 g/mol. The van der Waals surface area contributed by atoms with Gasteiger partial charge in [-0.3, -0.25) is 14.4 Å². The van der Waals surface area contributed by atoms with Crippen LogP contribution in [0.2, 0.25) is 0 Å². The number of aliphatic carboxylic acids is 1. The Kier molecular flexibility index (Phi) is 10.6. The standard InChI is InChI=1S/C17H32N4O7/c1-7(2)12(20-15(25)11(18)9(5)23)16(26)19-10(6-22)14(24)21-13(8(3)4)17(27)28/h7-13,22-23H,6,18H2,1-5H3,(H,19,26)(H,20,25)(H,21,24)(H,27,28). The zero-order chi connectivity index (χ0) is 22.2. The molecule has 5 unspecified atom stereocenters. The maximum absolute atomic E-state index is 12.5. The summed E-state index contributed by atoms with van der Waals surface area (Å²) in [5, 5.41) is 34.9. The largest absolute Gasteiger partial charge is 0.480 e. The van der Waals surface area contributed by atoms with Crippen LogP contribution in [0.5, 0.6) is 0 Å². The predicted octanol–water partition coefficient (Wildman–Crippen LogP) is -2.46. The van der Waals surface area contributed by atoms with E-state index in [9.17, 15) is 29.4 Å². The van der Waals surface area contributed by atoms with Gasteiger partial charge in [0.1, 0.15) is 24.2 Å². The van der Waals surface area contributed by atoms with Gasteiger partial charge in [0, 0.05) is 0 Å². The van der Waals surface area contributed by atoms with Crippen molar-refractivity contribution in [2.24, 2.45) is 17.6 Å². The number of hydrogen-bond donors (Lipinski definition) is 7. The molecule has 0 aromatic rings. The number of rotatable bonds is 11. The fourth-order valence-corrected chi connectivity index (χ4v) is 2.23. The molecule has 0 radical (unpaired) electrons. The van der Waals surface area contributed by atoms with Crippen LogP contribution in [0.15, 0.2) is 0 Å². The minimum atomic E-state index is -1.41. The molecule has 11 nitrogen and oxygen atoms in total. The highest BCUT2D eigenvalue weighted by Crippen LogP contribution is 2.05. The predicted molar refractivity (Wildman–Crippen MR) is 99.8 cm³/mol. The SMILES string of the molecule is CC(C)C(NC(=O)C(CO)NC(=O)C(NC(=O)C(N)C(C)O)C(C)C)C(=O)O. The van der Waals surface area contributed by atoms with E-state index in [1.807, 2.05) is 0 Å². The maximum Gasteiger partial charge on any atom is 0.326 e. The Labute approximate surface area is 164 Å². The van der Waals surface area contributed by atoms with Gasteiger partial charge in [0.2, 0.25) is 17.7 Å². The molecule has 0 bridgehead atoms. The third-order valence-corrected chi connectivity index (χ3v) is 4.12. The molecule has 0 aromatic carbocycles. The van der Waals surface area contributed by atoms with E-state index in [0.29, 0.717) is 0 Å². The highest BCUT2D eigenvalue weighted by atomic mass is 16.4. The first kappa shape index (κ1) is 25.8. The number of aliphatic hydroxyl groups excluding tert-OH is 2. The van der Waals surface area contributed by atoms with Crippen LogP contribution in [0.3, 0.4) is 0 Å². The molecule has 28 heavy (non-hydrogen) atoms. The fraction of sp³-hybridized carbons (Fsp3) is 0.765. The van der Waals surface area contributed by atoms with Crippen molar-refractivity contribution in [2.45, 2.75) is 64.9 Å². The van der Waals surface area contributed by atoms with Gasteiger partial charge in [-0.1, -0.05) is 27.7 Å². The minimum absolute atomic E-state index is 0.394. The van der Waals surface area contributed by atoms with Crippen molar-refractivity contribution >= 4 is 23.7 Å². The molecular weight excluding hydrogens is 372 g/mol. The van der Waals surface area contributed by atoms with Gasteiger partial charge in [-0.05, 0) is 18.8 Å². The first-order valence-corrected chi connectivity index (χ1v) is 9.01. The maximum atomic E-state index is 12.5. The topological polar surface area (TPSA) is 191 Å². The van der Waals surface area contributed by atoms with Crippen LogP contribution >= 0.6 is 0 Å². The molecule has 8 N–H and O–H groups in total. The Morgan fingerprint density at radius 3 is 1.64 bits per heavy atom. The molecule has 0 saturated carbocycles. The Morgan fingerprint density at radius 1 is 0.821 bits per heavy atom. The molecule has 0 rings (SSSR count). The Bertz CT molecular complexity index is 566. The van der Waals surface area contributed by atoms with Crippen molar-refractivity contribution in [2.75, 3.05) is 6.61 Å². The fourth-order valence-electron chi connectivity index (χ4n) is 2.23. The smallest absolute Gasteiger partial charge is 0.326 e. The van der Waals surface area contributed by atoms with Gasteiger partial charge >= 0.3 is 5.97 Å². The van der Waals surface area contributed by atoms with Gasteiger partial charge < -0.3 is 37.0 Å². The van der Waals surface area contributed by atoms with Crippen molar-refractivity contribution in [1.29, 1.82) is 0 Å². The molecule has 0 heterocycles. The van der Waals surface area contributed by atoms with Gasteiger partial charge in [-0.2, -0.15) is 0 Å². The monoisotopic (exact) mass is 404 g/mol. The normalized spacial score (nSPS) is 16.6. The lowest BCUT2D eigenvalue weighted by molar-refractivity contribution is -0.144. The minimum Gasteiger partial charge on any atom is -0.480 e. The second-order valence-corrected chi connectivity index (χ2v) is 7.31. The first-order valence-electron chi connectivity index (χ1n) is 9.01. The van der Waals surface area contributed by atoms with Crippen LogP contribution in [0.1, 0.15) is 34.6 Å². The van der Waals surface area contributed by atoms with Gasteiger partial charge in [-0.15, -0.1) is 0 Å². The van der Waals surface area contributed by atoms with Crippen LogP contribution in [0, 0.1) is 11.8 Å². The molecule has 3 amide bonds. The van der Waals surface area contributed by atoms with Gasteiger partial charge in [0.15, 0.2) is 0 Å². The summed E-state index contributed by atoms with van der Waals surface area (Å²) in [7, 11) is 0. The quantitative estimate of drug-likeness (QED) is 0.197. The van der Waals surface area contributed by atoms with Crippen LogP contribution in [-0.2, 0) is 19.2 Å². The van der Waals surface area contributed by atoms with E-state index in [2.05, 4.69) is 16.0 Å². The number of carbonyl (C=O) groups is 4. The van der Waals surface area contributed by atoms with Crippen molar-refractivity contribution in [3.63, 3.8) is 0 Å². The van der Waals surface area contributed by atoms with Crippen LogP contribution in [-0.4, -0.2) is 75.9 Å². The summed E-state index contributed by atoms with van der Waals surface area (Å²) < 4.78 is 0. The molecule has 0 aliphatic rings. The molecule has 0 fully saturated rings. The lowest BCUT2D eigenvalue weighted by Gasteiger charge is -2.27. The van der Waals surface area contributed by atoms with E-state index in [1.165, 1.54) is 6.92 Å². The van der Waals surface area contributed by atoms with Crippen molar-refractivity contribution < 1.29 is 34.5 Å². The zero-order valence-electron chi connectivity index (χ0n) is 16.8. The van der Waals surface area contributed by atoms with E-state index < -0.39 is 72.4 Å². The Hall–Kier alpha value is -2.24. The third kappa shape index (κ3) is 7.79. The molecule has 0 saturated heterocycles. The van der Waals surface area contributed by atoms with Crippen molar-refractivity contribution in [3.8, 4) is 0 Å². The highest BCUT2D eigenvalue weighted by molar-refractivity contribution is 5.94. The first-order chi connectivity index (χ1) is 12.8. The summed E-state index contributed by atoms with van der Waals surface area (Å²) in [6, 6.07) is -4.92. The number of carboxylic acids is 1. The number of hydrogen-bond acceptors (Lipinski definition) is 7. The van der Waals surface area contributed by atoms with E-state index in [4.69, 9.17) is 10.8 Å². The van der Waals surface area contributed by atoms with Crippen molar-refractivity contribution in [1.82, 2.24) is 16.0 Å². The molecule has 5 atom stereocenters. The number of nitrogens with one attached hydrogen (secondary N) is 3. The zero-order valence-corrected chi connectivity index (χ0v) is 16.8. The molecule has 0 aliphatic carbocycles. The summed E-state index contributed by atoms with van der Waals surface area (Å²) >= 11 is 0. The lowest BCUT2D eigenvalue weighted by atomic mass is 10.0. The highest BCUT2D eigenvalue weighted by Gasteiger charge is 2.32. The van der Waals surface area contributed by atoms with Crippen LogP contribution in [0.25, 0.3) is 0 Å². The van der Waals surface area contributed by atoms with E-state index in [-0.39, 0.29) is 0 Å². The molecule has 11 heteroatoms. The number of aliphatic hydroxyl groups is 2. The van der Waals surface area contributed by atoms with E-state index in [1.54, 1.807) is 27.7 Å². The summed E-state index contributed by atoms with van der Waals surface area (Å²) in [6.07, 6.45) is -1.13. The molecule has 162 valence electrons. The summed E-state index contributed by atoms with van der Waals surface area (Å²) in [5.74, 6) is -4.43. The Balaban J connectivity index is 5.18. The van der Waals surface area contributed by atoms with Crippen LogP contribution < -0.4 is 21.7 Å². The van der Waals surface area contributed by atoms with E-state index >= 15 is 0 Å². The number of amides is 3. The molecule has 0 spiro atoms. The molecule has 0 aromatic heterocycles. The van der Waals surface area contributed by atoms with Gasteiger partial charge in [0.25, 0.3) is 0 Å². The summed E-state index contributed by atoms with van der Waals surface area (Å²) in [5.41, 5.74) is 5.54.